The maximum absolute atomic E-state index is 4.56. The normalized spacial score (nSPS) is 16.7. The third-order valence-electron chi connectivity index (χ3n) is 3.78. The fourth-order valence-corrected chi connectivity index (χ4v) is 3.97. The first-order valence-electron chi connectivity index (χ1n) is 7.01. The topological polar surface area (TPSA) is 41.0 Å². The van der Waals surface area contributed by atoms with E-state index in [9.17, 15) is 0 Å². The first kappa shape index (κ1) is 12.1. The number of fused-ring (bicyclic) bond motifs is 3. The third-order valence-corrected chi connectivity index (χ3v) is 4.93. The van der Waals surface area contributed by atoms with Gasteiger partial charge in [0.25, 0.3) is 0 Å². The lowest BCUT2D eigenvalue weighted by atomic mass is 10.2. The van der Waals surface area contributed by atoms with Gasteiger partial charge in [-0.15, -0.1) is 11.3 Å². The van der Waals surface area contributed by atoms with Gasteiger partial charge in [-0.25, -0.2) is 9.97 Å². The van der Waals surface area contributed by atoms with Crippen molar-refractivity contribution in [3.05, 3.63) is 30.6 Å². The molecule has 1 aliphatic rings. The highest BCUT2D eigenvalue weighted by Gasteiger charge is 2.17. The first-order valence-corrected chi connectivity index (χ1v) is 7.83. The molecule has 102 valence electrons. The SMILES string of the molecule is c1ccc2c(c1)sc1c(N3CCCNCC3)ncnc12. The predicted octanol–water partition coefficient (Wildman–Crippen LogP) is 2.64. The number of rotatable bonds is 1. The van der Waals surface area contributed by atoms with E-state index in [4.69, 9.17) is 0 Å². The minimum atomic E-state index is 1.01. The van der Waals surface area contributed by atoms with Crippen LogP contribution in [-0.4, -0.2) is 36.1 Å². The van der Waals surface area contributed by atoms with Crippen LogP contribution in [0, 0.1) is 0 Å². The number of nitrogens with zero attached hydrogens (tertiary/aromatic N) is 3. The van der Waals surface area contributed by atoms with Crippen molar-refractivity contribution in [2.24, 2.45) is 0 Å². The molecule has 5 heteroatoms. The first-order chi connectivity index (χ1) is 9.93. The second-order valence-electron chi connectivity index (χ2n) is 5.06. The predicted molar refractivity (Wildman–Crippen MR) is 84.6 cm³/mol. The zero-order chi connectivity index (χ0) is 13.4. The quantitative estimate of drug-likeness (QED) is 0.746. The summed E-state index contributed by atoms with van der Waals surface area (Å²) in [6.07, 6.45) is 2.87. The van der Waals surface area contributed by atoms with E-state index in [1.165, 1.54) is 14.8 Å². The molecule has 3 heterocycles. The highest BCUT2D eigenvalue weighted by molar-refractivity contribution is 7.26. The molecule has 2 aromatic heterocycles. The number of hydrogen-bond acceptors (Lipinski definition) is 5. The van der Waals surface area contributed by atoms with Crippen LogP contribution in [0.1, 0.15) is 6.42 Å². The van der Waals surface area contributed by atoms with Gasteiger partial charge < -0.3 is 10.2 Å². The molecular weight excluding hydrogens is 268 g/mol. The molecule has 1 N–H and O–H groups in total. The zero-order valence-corrected chi connectivity index (χ0v) is 12.0. The number of aromatic nitrogens is 2. The molecule has 0 saturated carbocycles. The molecule has 0 aliphatic carbocycles. The summed E-state index contributed by atoms with van der Waals surface area (Å²) in [4.78, 5) is 11.5. The van der Waals surface area contributed by atoms with Crippen molar-refractivity contribution in [2.75, 3.05) is 31.1 Å². The van der Waals surface area contributed by atoms with Crippen molar-refractivity contribution in [3.8, 4) is 0 Å². The summed E-state index contributed by atoms with van der Waals surface area (Å²) in [7, 11) is 0. The Morgan fingerprint density at radius 3 is 3.05 bits per heavy atom. The number of benzene rings is 1. The lowest BCUT2D eigenvalue weighted by molar-refractivity contribution is 0.724. The van der Waals surface area contributed by atoms with Crippen LogP contribution >= 0.6 is 11.3 Å². The highest BCUT2D eigenvalue weighted by atomic mass is 32.1. The summed E-state index contributed by atoms with van der Waals surface area (Å²) >= 11 is 1.80. The monoisotopic (exact) mass is 284 g/mol. The summed E-state index contributed by atoms with van der Waals surface area (Å²) in [6.45, 7) is 4.20. The maximum atomic E-state index is 4.56. The van der Waals surface area contributed by atoms with Crippen LogP contribution in [0.5, 0.6) is 0 Å². The van der Waals surface area contributed by atoms with Gasteiger partial charge in [0, 0.05) is 29.7 Å². The van der Waals surface area contributed by atoms with Crippen LogP contribution in [-0.2, 0) is 0 Å². The smallest absolute Gasteiger partial charge is 0.150 e. The number of thiophene rings is 1. The van der Waals surface area contributed by atoms with Crippen molar-refractivity contribution < 1.29 is 0 Å². The van der Waals surface area contributed by atoms with E-state index < -0.39 is 0 Å². The molecule has 1 fully saturated rings. The lowest BCUT2D eigenvalue weighted by Crippen LogP contribution is -2.28. The van der Waals surface area contributed by atoms with Crippen molar-refractivity contribution in [1.82, 2.24) is 15.3 Å². The van der Waals surface area contributed by atoms with Crippen LogP contribution in [0.2, 0.25) is 0 Å². The second kappa shape index (κ2) is 5.00. The van der Waals surface area contributed by atoms with E-state index in [0.717, 1.165) is 43.9 Å². The summed E-state index contributed by atoms with van der Waals surface area (Å²) < 4.78 is 2.51. The minimum absolute atomic E-state index is 1.01. The Labute approximate surface area is 121 Å². The molecule has 20 heavy (non-hydrogen) atoms. The van der Waals surface area contributed by atoms with Crippen LogP contribution in [0.15, 0.2) is 30.6 Å². The molecule has 0 bridgehead atoms. The second-order valence-corrected chi connectivity index (χ2v) is 6.12. The third kappa shape index (κ3) is 1.94. The van der Waals surface area contributed by atoms with E-state index in [1.54, 1.807) is 17.7 Å². The van der Waals surface area contributed by atoms with Crippen molar-refractivity contribution in [2.45, 2.75) is 6.42 Å². The molecule has 0 spiro atoms. The Morgan fingerprint density at radius 2 is 2.05 bits per heavy atom. The summed E-state index contributed by atoms with van der Waals surface area (Å²) in [5.74, 6) is 1.10. The molecule has 3 aromatic rings. The lowest BCUT2D eigenvalue weighted by Gasteiger charge is -2.21. The van der Waals surface area contributed by atoms with E-state index >= 15 is 0 Å². The standard InChI is InChI=1S/C15H16N4S/c1-2-5-12-11(4-1)13-14(20-12)15(18-10-17-13)19-8-3-6-16-7-9-19/h1-2,4-5,10,16H,3,6-9H2. The van der Waals surface area contributed by atoms with Gasteiger partial charge in [-0.3, -0.25) is 0 Å². The Bertz CT molecular complexity index is 744. The van der Waals surface area contributed by atoms with Gasteiger partial charge in [0.05, 0.1) is 10.2 Å². The maximum Gasteiger partial charge on any atom is 0.150 e. The van der Waals surface area contributed by atoms with Crippen LogP contribution in [0.3, 0.4) is 0 Å². The van der Waals surface area contributed by atoms with Crippen molar-refractivity contribution in [3.63, 3.8) is 0 Å². The summed E-state index contributed by atoms with van der Waals surface area (Å²) in [6, 6.07) is 8.47. The van der Waals surface area contributed by atoms with Gasteiger partial charge >= 0.3 is 0 Å². The van der Waals surface area contributed by atoms with E-state index in [-0.39, 0.29) is 0 Å². The summed E-state index contributed by atoms with van der Waals surface area (Å²) in [5, 5.41) is 4.68. The van der Waals surface area contributed by atoms with Gasteiger partial charge in [0.15, 0.2) is 0 Å². The molecular formula is C15H16N4S. The van der Waals surface area contributed by atoms with E-state index in [2.05, 4.69) is 44.5 Å². The molecule has 1 aromatic carbocycles. The van der Waals surface area contributed by atoms with Gasteiger partial charge in [-0.1, -0.05) is 18.2 Å². The number of anilines is 1. The van der Waals surface area contributed by atoms with Gasteiger partial charge in [-0.2, -0.15) is 0 Å². The molecule has 0 amide bonds. The van der Waals surface area contributed by atoms with E-state index in [1.807, 2.05) is 0 Å². The molecule has 1 saturated heterocycles. The van der Waals surface area contributed by atoms with Crippen LogP contribution in [0.25, 0.3) is 20.3 Å². The Kier molecular flexibility index (Phi) is 3.01. The average molecular weight is 284 g/mol. The largest absolute Gasteiger partial charge is 0.354 e. The van der Waals surface area contributed by atoms with E-state index in [0.29, 0.717) is 0 Å². The van der Waals surface area contributed by atoms with Gasteiger partial charge in [-0.05, 0) is 19.0 Å². The van der Waals surface area contributed by atoms with Crippen molar-refractivity contribution >= 4 is 37.5 Å². The van der Waals surface area contributed by atoms with Gasteiger partial charge in [0.2, 0.25) is 0 Å². The van der Waals surface area contributed by atoms with Crippen LogP contribution < -0.4 is 10.2 Å². The summed E-state index contributed by atoms with van der Waals surface area (Å²) in [5.41, 5.74) is 1.09. The van der Waals surface area contributed by atoms with Crippen LogP contribution in [0.4, 0.5) is 5.82 Å². The number of nitrogens with one attached hydrogen (secondary N) is 1. The number of hydrogen-bond donors (Lipinski definition) is 1. The molecule has 0 radical (unpaired) electrons. The molecule has 0 unspecified atom stereocenters. The minimum Gasteiger partial charge on any atom is -0.354 e. The molecule has 4 rings (SSSR count). The fourth-order valence-electron chi connectivity index (χ4n) is 2.79. The molecule has 4 nitrogen and oxygen atoms in total. The van der Waals surface area contributed by atoms with Crippen molar-refractivity contribution in [1.29, 1.82) is 0 Å². The molecule has 1 aliphatic heterocycles. The average Bonchev–Trinajstić information content (AvgIpc) is 2.68. The molecule has 0 atom stereocenters. The van der Waals surface area contributed by atoms with Gasteiger partial charge in [0.1, 0.15) is 12.1 Å². The Balaban J connectivity index is 1.90. The Morgan fingerprint density at radius 1 is 1.10 bits per heavy atom. The Hall–Kier alpha value is -1.72. The fraction of sp³-hybridized carbons (Fsp3) is 0.333. The zero-order valence-electron chi connectivity index (χ0n) is 11.2. The highest BCUT2D eigenvalue weighted by Crippen LogP contribution is 2.36.